The summed E-state index contributed by atoms with van der Waals surface area (Å²) < 4.78 is 37.1. The molecule has 0 bridgehead atoms. The first kappa shape index (κ1) is 15.6. The number of halogens is 3. The number of hydrogen-bond donors (Lipinski definition) is 2. The van der Waals surface area contributed by atoms with Gasteiger partial charge in [-0.05, 0) is 31.6 Å². The minimum Gasteiger partial charge on any atom is -0.393 e. The molecule has 2 N–H and O–H groups in total. The van der Waals surface area contributed by atoms with E-state index in [-0.39, 0.29) is 6.10 Å². The lowest BCUT2D eigenvalue weighted by atomic mass is 9.83. The molecule has 3 nitrogen and oxygen atoms in total. The Hall–Kier alpha value is -0.820. The van der Waals surface area contributed by atoms with Gasteiger partial charge < -0.3 is 10.4 Å². The zero-order valence-electron chi connectivity index (χ0n) is 11.1. The van der Waals surface area contributed by atoms with Crippen molar-refractivity contribution in [3.63, 3.8) is 0 Å². The predicted molar refractivity (Wildman–Crippen MR) is 72.8 cm³/mol. The van der Waals surface area contributed by atoms with Gasteiger partial charge in [-0.15, -0.1) is 11.3 Å². The van der Waals surface area contributed by atoms with E-state index in [1.807, 2.05) is 0 Å². The second-order valence-electron chi connectivity index (χ2n) is 5.22. The highest BCUT2D eigenvalue weighted by molar-refractivity contribution is 7.13. The molecule has 1 aliphatic rings. The summed E-state index contributed by atoms with van der Waals surface area (Å²) in [6, 6.07) is 0. The highest BCUT2D eigenvalue weighted by Gasteiger charge is 2.33. The van der Waals surface area contributed by atoms with Gasteiger partial charge >= 0.3 is 6.18 Å². The van der Waals surface area contributed by atoms with E-state index in [0.717, 1.165) is 55.2 Å². The van der Waals surface area contributed by atoms with E-state index >= 15 is 0 Å². The van der Waals surface area contributed by atoms with Gasteiger partial charge in [-0.2, -0.15) is 13.2 Å². The molecule has 2 atom stereocenters. The van der Waals surface area contributed by atoms with Crippen LogP contribution < -0.4 is 5.32 Å². The molecule has 20 heavy (non-hydrogen) atoms. The van der Waals surface area contributed by atoms with Gasteiger partial charge in [0.1, 0.15) is 0 Å². The lowest BCUT2D eigenvalue weighted by Crippen LogP contribution is -2.24. The molecule has 1 aromatic heterocycles. The van der Waals surface area contributed by atoms with Crippen molar-refractivity contribution < 1.29 is 18.3 Å². The van der Waals surface area contributed by atoms with E-state index in [1.54, 1.807) is 0 Å². The van der Waals surface area contributed by atoms with E-state index in [4.69, 9.17) is 0 Å². The number of alkyl halides is 3. The summed E-state index contributed by atoms with van der Waals surface area (Å²) in [5.41, 5.74) is -0.840. The molecule has 1 aliphatic carbocycles. The Morgan fingerprint density at radius 1 is 1.35 bits per heavy atom. The average Bonchev–Trinajstić information content (AvgIpc) is 2.85. The Labute approximate surface area is 120 Å². The molecule has 1 fully saturated rings. The number of anilines is 1. The van der Waals surface area contributed by atoms with Crippen LogP contribution >= 0.6 is 11.3 Å². The SMILES string of the molecule is OC1CCCCC1CCCNc1nc(C(F)(F)F)cs1. The second kappa shape index (κ2) is 6.76. The molecule has 0 aromatic carbocycles. The summed E-state index contributed by atoms with van der Waals surface area (Å²) in [4.78, 5) is 3.51. The number of aliphatic hydroxyl groups excluding tert-OH is 1. The van der Waals surface area contributed by atoms with Crippen molar-refractivity contribution in [1.82, 2.24) is 4.98 Å². The lowest BCUT2D eigenvalue weighted by Gasteiger charge is -2.27. The largest absolute Gasteiger partial charge is 0.434 e. The summed E-state index contributed by atoms with van der Waals surface area (Å²) in [5.74, 6) is 0.340. The standard InChI is InChI=1S/C13H19F3N2OS/c14-13(15,16)11-8-20-12(18-11)17-7-3-5-9-4-1-2-6-10(9)19/h8-10,19H,1-7H2,(H,17,18). The first-order valence-corrected chi connectivity index (χ1v) is 7.79. The van der Waals surface area contributed by atoms with Crippen LogP contribution in [0.1, 0.15) is 44.2 Å². The maximum Gasteiger partial charge on any atom is 0.434 e. The summed E-state index contributed by atoms with van der Waals surface area (Å²) in [6.45, 7) is 0.591. The maximum absolute atomic E-state index is 12.4. The lowest BCUT2D eigenvalue weighted by molar-refractivity contribution is -0.140. The van der Waals surface area contributed by atoms with Crippen LogP contribution in [-0.2, 0) is 6.18 Å². The summed E-state index contributed by atoms with van der Waals surface area (Å²) in [7, 11) is 0. The number of rotatable bonds is 5. The van der Waals surface area contributed by atoms with E-state index in [1.165, 1.54) is 0 Å². The molecule has 0 aliphatic heterocycles. The molecular weight excluding hydrogens is 289 g/mol. The molecular formula is C13H19F3N2OS. The number of aliphatic hydroxyl groups is 1. The van der Waals surface area contributed by atoms with Crippen molar-refractivity contribution in [3.8, 4) is 0 Å². The van der Waals surface area contributed by atoms with Crippen LogP contribution in [0, 0.1) is 5.92 Å². The Balaban J connectivity index is 1.69. The molecule has 1 heterocycles. The molecule has 0 spiro atoms. The summed E-state index contributed by atoms with van der Waals surface area (Å²) in [5, 5.41) is 14.1. The van der Waals surface area contributed by atoms with Gasteiger partial charge in [-0.1, -0.05) is 12.8 Å². The quantitative estimate of drug-likeness (QED) is 0.811. The van der Waals surface area contributed by atoms with Crippen LogP contribution in [0.25, 0.3) is 0 Å². The molecule has 1 saturated carbocycles. The van der Waals surface area contributed by atoms with E-state index in [2.05, 4.69) is 10.3 Å². The Bertz CT molecular complexity index is 422. The van der Waals surface area contributed by atoms with Gasteiger partial charge in [0.25, 0.3) is 0 Å². The van der Waals surface area contributed by atoms with Gasteiger partial charge in [0.05, 0.1) is 6.10 Å². The molecule has 1 aromatic rings. The number of hydrogen-bond acceptors (Lipinski definition) is 4. The third-order valence-corrected chi connectivity index (χ3v) is 4.49. The summed E-state index contributed by atoms with van der Waals surface area (Å²) >= 11 is 0.971. The summed E-state index contributed by atoms with van der Waals surface area (Å²) in [6.07, 6.45) is 1.35. The first-order chi connectivity index (χ1) is 9.47. The topological polar surface area (TPSA) is 45.1 Å². The monoisotopic (exact) mass is 308 g/mol. The van der Waals surface area contributed by atoms with Crippen LogP contribution in [0.15, 0.2) is 5.38 Å². The van der Waals surface area contributed by atoms with Crippen LogP contribution in [0.2, 0.25) is 0 Å². The third-order valence-electron chi connectivity index (χ3n) is 3.69. The van der Waals surface area contributed by atoms with Crippen LogP contribution in [0.3, 0.4) is 0 Å². The average molecular weight is 308 g/mol. The zero-order chi connectivity index (χ0) is 14.6. The molecule has 7 heteroatoms. The van der Waals surface area contributed by atoms with Crippen molar-refractivity contribution in [2.24, 2.45) is 5.92 Å². The maximum atomic E-state index is 12.4. The predicted octanol–water partition coefficient (Wildman–Crippen LogP) is 3.91. The minimum absolute atomic E-state index is 0.208. The van der Waals surface area contributed by atoms with Crippen molar-refractivity contribution in [2.45, 2.75) is 50.8 Å². The van der Waals surface area contributed by atoms with Gasteiger partial charge in [0, 0.05) is 11.9 Å². The van der Waals surface area contributed by atoms with Gasteiger partial charge in [0.2, 0.25) is 0 Å². The minimum atomic E-state index is -4.37. The first-order valence-electron chi connectivity index (χ1n) is 6.91. The molecule has 2 rings (SSSR count). The Morgan fingerprint density at radius 3 is 2.75 bits per heavy atom. The Morgan fingerprint density at radius 2 is 2.10 bits per heavy atom. The van der Waals surface area contributed by atoms with Crippen molar-refractivity contribution in [3.05, 3.63) is 11.1 Å². The molecule has 114 valence electrons. The van der Waals surface area contributed by atoms with Crippen molar-refractivity contribution >= 4 is 16.5 Å². The third kappa shape index (κ3) is 4.34. The van der Waals surface area contributed by atoms with E-state index in [9.17, 15) is 18.3 Å². The van der Waals surface area contributed by atoms with Crippen molar-refractivity contribution in [1.29, 1.82) is 0 Å². The number of thiazole rings is 1. The fraction of sp³-hybridized carbons (Fsp3) is 0.769. The van der Waals surface area contributed by atoms with Gasteiger partial charge in [-0.25, -0.2) is 4.98 Å². The molecule has 0 radical (unpaired) electrons. The van der Waals surface area contributed by atoms with E-state index in [0.29, 0.717) is 17.6 Å². The highest BCUT2D eigenvalue weighted by Crippen LogP contribution is 2.32. The van der Waals surface area contributed by atoms with Crippen LogP contribution in [0.4, 0.5) is 18.3 Å². The number of nitrogens with zero attached hydrogens (tertiary/aromatic N) is 1. The van der Waals surface area contributed by atoms with Crippen LogP contribution in [-0.4, -0.2) is 22.7 Å². The fourth-order valence-corrected chi connectivity index (χ4v) is 3.32. The zero-order valence-corrected chi connectivity index (χ0v) is 11.9. The normalized spacial score (nSPS) is 23.8. The second-order valence-corrected chi connectivity index (χ2v) is 6.07. The van der Waals surface area contributed by atoms with E-state index < -0.39 is 11.9 Å². The van der Waals surface area contributed by atoms with Gasteiger partial charge in [0.15, 0.2) is 10.8 Å². The van der Waals surface area contributed by atoms with Gasteiger partial charge in [-0.3, -0.25) is 0 Å². The molecule has 2 unspecified atom stereocenters. The number of nitrogens with one attached hydrogen (secondary N) is 1. The number of aromatic nitrogens is 1. The van der Waals surface area contributed by atoms with Crippen molar-refractivity contribution in [2.75, 3.05) is 11.9 Å². The highest BCUT2D eigenvalue weighted by atomic mass is 32.1. The fourth-order valence-electron chi connectivity index (χ4n) is 2.57. The molecule has 0 saturated heterocycles. The smallest absolute Gasteiger partial charge is 0.393 e. The van der Waals surface area contributed by atoms with Crippen LogP contribution in [0.5, 0.6) is 0 Å². The molecule has 0 amide bonds. The Kier molecular flexibility index (Phi) is 5.26.